The van der Waals surface area contributed by atoms with Crippen LogP contribution in [0.4, 0.5) is 4.39 Å². The van der Waals surface area contributed by atoms with Crippen LogP contribution in [0.25, 0.3) is 0 Å². The van der Waals surface area contributed by atoms with Crippen LogP contribution in [0.1, 0.15) is 27.6 Å². The summed E-state index contributed by atoms with van der Waals surface area (Å²) >= 11 is 6.50. The lowest BCUT2D eigenvalue weighted by atomic mass is 9.98. The fraction of sp³-hybridized carbons (Fsp3) is 0.294. The molecule has 0 fully saturated rings. The lowest BCUT2D eigenvalue weighted by Crippen LogP contribution is -1.98. The van der Waals surface area contributed by atoms with Crippen LogP contribution in [0.3, 0.4) is 0 Å². The first-order valence-corrected chi connectivity index (χ1v) is 7.03. The second kappa shape index (κ2) is 6.87. The highest BCUT2D eigenvalue weighted by atomic mass is 35.5. The molecule has 0 aliphatic rings. The van der Waals surface area contributed by atoms with Gasteiger partial charge in [0.2, 0.25) is 0 Å². The Morgan fingerprint density at radius 1 is 1.15 bits per heavy atom. The first kappa shape index (κ1) is 15.0. The fourth-order valence-corrected chi connectivity index (χ4v) is 2.57. The minimum Gasteiger partial charge on any atom is -0.384 e. The second-order valence-corrected chi connectivity index (χ2v) is 5.28. The van der Waals surface area contributed by atoms with E-state index in [1.165, 1.54) is 17.7 Å². The third-order valence-electron chi connectivity index (χ3n) is 3.37. The summed E-state index contributed by atoms with van der Waals surface area (Å²) in [5.41, 5.74) is 4.05. The van der Waals surface area contributed by atoms with Gasteiger partial charge in [0, 0.05) is 7.11 Å². The lowest BCUT2D eigenvalue weighted by molar-refractivity contribution is 0.202. The van der Waals surface area contributed by atoms with Crippen molar-refractivity contribution in [2.24, 2.45) is 0 Å². The number of aryl methyl sites for hydroxylation is 1. The Morgan fingerprint density at radius 2 is 1.85 bits per heavy atom. The second-order valence-electron chi connectivity index (χ2n) is 4.85. The van der Waals surface area contributed by atoms with Gasteiger partial charge in [0.15, 0.2) is 0 Å². The maximum Gasteiger partial charge on any atom is 0.123 e. The standard InChI is InChI=1S/C17H18ClFO/c1-12-11-15(19)7-8-16(12)17(18)14-5-3-13(4-6-14)9-10-20-2/h3-8,11,17H,9-10H2,1-2H3. The van der Waals surface area contributed by atoms with Gasteiger partial charge in [-0.3, -0.25) is 0 Å². The van der Waals surface area contributed by atoms with Crippen molar-refractivity contribution >= 4 is 11.6 Å². The molecule has 2 rings (SSSR count). The molecule has 0 aromatic heterocycles. The van der Waals surface area contributed by atoms with Gasteiger partial charge in [0.25, 0.3) is 0 Å². The zero-order chi connectivity index (χ0) is 14.5. The minimum atomic E-state index is -0.257. The van der Waals surface area contributed by atoms with Crippen molar-refractivity contribution in [3.8, 4) is 0 Å². The molecule has 0 N–H and O–H groups in total. The number of benzene rings is 2. The Labute approximate surface area is 124 Å². The van der Waals surface area contributed by atoms with Crippen LogP contribution < -0.4 is 0 Å². The first-order valence-electron chi connectivity index (χ1n) is 6.59. The molecule has 0 saturated carbocycles. The molecule has 3 heteroatoms. The number of methoxy groups -OCH3 is 1. The van der Waals surface area contributed by atoms with Crippen molar-refractivity contribution in [1.29, 1.82) is 0 Å². The van der Waals surface area contributed by atoms with E-state index in [0.717, 1.165) is 23.1 Å². The van der Waals surface area contributed by atoms with E-state index in [2.05, 4.69) is 12.1 Å². The molecule has 0 spiro atoms. The molecule has 1 nitrogen and oxygen atoms in total. The Hall–Kier alpha value is -1.38. The minimum absolute atomic E-state index is 0.231. The van der Waals surface area contributed by atoms with E-state index in [1.807, 2.05) is 19.1 Å². The number of halogens is 2. The maximum absolute atomic E-state index is 13.1. The topological polar surface area (TPSA) is 9.23 Å². The highest BCUT2D eigenvalue weighted by molar-refractivity contribution is 6.22. The summed E-state index contributed by atoms with van der Waals surface area (Å²) in [6.45, 7) is 2.58. The third kappa shape index (κ3) is 3.59. The summed E-state index contributed by atoms with van der Waals surface area (Å²) in [5.74, 6) is -0.231. The Kier molecular flexibility index (Phi) is 5.16. The first-order chi connectivity index (χ1) is 9.61. The summed E-state index contributed by atoms with van der Waals surface area (Å²) in [6.07, 6.45) is 0.888. The van der Waals surface area contributed by atoms with Crippen molar-refractivity contribution in [2.75, 3.05) is 13.7 Å². The predicted octanol–water partition coefficient (Wildman–Crippen LogP) is 4.65. The quantitative estimate of drug-likeness (QED) is 0.729. The molecule has 1 unspecified atom stereocenters. The molecule has 1 atom stereocenters. The summed E-state index contributed by atoms with van der Waals surface area (Å²) in [5, 5.41) is -0.257. The molecule has 0 amide bonds. The number of hydrogen-bond donors (Lipinski definition) is 0. The predicted molar refractivity (Wildman–Crippen MR) is 80.9 cm³/mol. The zero-order valence-electron chi connectivity index (χ0n) is 11.7. The SMILES string of the molecule is COCCc1ccc(C(Cl)c2ccc(F)cc2C)cc1. The molecule has 0 aliphatic carbocycles. The third-order valence-corrected chi connectivity index (χ3v) is 3.86. The average Bonchev–Trinajstić information content (AvgIpc) is 2.45. The highest BCUT2D eigenvalue weighted by Crippen LogP contribution is 2.31. The van der Waals surface area contributed by atoms with Gasteiger partial charge < -0.3 is 4.74 Å². The van der Waals surface area contributed by atoms with Crippen LogP contribution in [0.2, 0.25) is 0 Å². The Bertz CT molecular complexity index is 566. The molecule has 2 aromatic carbocycles. The molecule has 0 bridgehead atoms. The van der Waals surface area contributed by atoms with Crippen molar-refractivity contribution in [3.05, 3.63) is 70.5 Å². The summed E-state index contributed by atoms with van der Waals surface area (Å²) in [7, 11) is 1.69. The monoisotopic (exact) mass is 292 g/mol. The van der Waals surface area contributed by atoms with E-state index in [0.29, 0.717) is 6.61 Å². The summed E-state index contributed by atoms with van der Waals surface area (Å²) in [6, 6.07) is 12.9. The summed E-state index contributed by atoms with van der Waals surface area (Å²) in [4.78, 5) is 0. The van der Waals surface area contributed by atoms with Gasteiger partial charge in [-0.2, -0.15) is 0 Å². The van der Waals surface area contributed by atoms with Crippen LogP contribution >= 0.6 is 11.6 Å². The Morgan fingerprint density at radius 3 is 2.45 bits per heavy atom. The maximum atomic E-state index is 13.1. The van der Waals surface area contributed by atoms with Crippen LogP contribution in [-0.4, -0.2) is 13.7 Å². The van der Waals surface area contributed by atoms with Crippen LogP contribution in [0, 0.1) is 12.7 Å². The largest absolute Gasteiger partial charge is 0.384 e. The zero-order valence-corrected chi connectivity index (χ0v) is 12.5. The van der Waals surface area contributed by atoms with E-state index >= 15 is 0 Å². The van der Waals surface area contributed by atoms with Gasteiger partial charge in [-0.15, -0.1) is 11.6 Å². The van der Waals surface area contributed by atoms with E-state index in [9.17, 15) is 4.39 Å². The molecule has 0 aliphatic heterocycles. The highest BCUT2D eigenvalue weighted by Gasteiger charge is 2.13. The molecular weight excluding hydrogens is 275 g/mol. The molecule has 2 aromatic rings. The van der Waals surface area contributed by atoms with Crippen LogP contribution in [-0.2, 0) is 11.2 Å². The number of ether oxygens (including phenoxy) is 1. The lowest BCUT2D eigenvalue weighted by Gasteiger charge is -2.14. The average molecular weight is 293 g/mol. The molecule has 20 heavy (non-hydrogen) atoms. The van der Waals surface area contributed by atoms with Gasteiger partial charge in [-0.25, -0.2) is 4.39 Å². The van der Waals surface area contributed by atoms with Crippen molar-refractivity contribution < 1.29 is 9.13 Å². The number of hydrogen-bond acceptors (Lipinski definition) is 1. The van der Waals surface area contributed by atoms with Gasteiger partial charge in [-0.05, 0) is 47.7 Å². The molecular formula is C17H18ClFO. The van der Waals surface area contributed by atoms with Crippen LogP contribution in [0.5, 0.6) is 0 Å². The fourth-order valence-electron chi connectivity index (χ4n) is 2.18. The Balaban J connectivity index is 2.18. The molecule has 0 heterocycles. The van der Waals surface area contributed by atoms with Gasteiger partial charge in [0.05, 0.1) is 12.0 Å². The van der Waals surface area contributed by atoms with E-state index in [-0.39, 0.29) is 11.2 Å². The van der Waals surface area contributed by atoms with Gasteiger partial charge >= 0.3 is 0 Å². The van der Waals surface area contributed by atoms with E-state index in [1.54, 1.807) is 13.2 Å². The number of rotatable bonds is 5. The van der Waals surface area contributed by atoms with Crippen molar-refractivity contribution in [2.45, 2.75) is 18.7 Å². The molecule has 0 saturated heterocycles. The van der Waals surface area contributed by atoms with Crippen molar-refractivity contribution in [3.63, 3.8) is 0 Å². The number of alkyl halides is 1. The van der Waals surface area contributed by atoms with E-state index in [4.69, 9.17) is 16.3 Å². The van der Waals surface area contributed by atoms with Gasteiger partial charge in [-0.1, -0.05) is 30.3 Å². The van der Waals surface area contributed by atoms with Gasteiger partial charge in [0.1, 0.15) is 5.82 Å². The normalized spacial score (nSPS) is 12.4. The molecule has 106 valence electrons. The smallest absolute Gasteiger partial charge is 0.123 e. The van der Waals surface area contributed by atoms with Crippen molar-refractivity contribution in [1.82, 2.24) is 0 Å². The summed E-state index contributed by atoms with van der Waals surface area (Å²) < 4.78 is 18.2. The molecule has 0 radical (unpaired) electrons. The van der Waals surface area contributed by atoms with E-state index < -0.39 is 0 Å². The van der Waals surface area contributed by atoms with Crippen LogP contribution in [0.15, 0.2) is 42.5 Å².